The Labute approximate surface area is 170 Å². The summed E-state index contributed by atoms with van der Waals surface area (Å²) in [6, 6.07) is 12.8. The second-order valence-corrected chi connectivity index (χ2v) is 7.75. The molecule has 5 nitrogen and oxygen atoms in total. The Morgan fingerprint density at radius 1 is 1.00 bits per heavy atom. The normalized spacial score (nSPS) is 14.4. The zero-order valence-corrected chi connectivity index (χ0v) is 17.1. The SMILES string of the molecule is COc1cc(SC)ccc1C(=O)Nc1ccccc1C(=O)NC1CCCCC1. The van der Waals surface area contributed by atoms with Crippen LogP contribution in [0, 0.1) is 0 Å². The van der Waals surface area contributed by atoms with Crippen LogP contribution in [0.1, 0.15) is 52.8 Å². The van der Waals surface area contributed by atoms with Crippen LogP contribution in [0.2, 0.25) is 0 Å². The lowest BCUT2D eigenvalue weighted by molar-refractivity contribution is 0.0928. The van der Waals surface area contributed by atoms with Crippen molar-refractivity contribution in [2.75, 3.05) is 18.7 Å². The number of hydrogen-bond donors (Lipinski definition) is 2. The van der Waals surface area contributed by atoms with Gasteiger partial charge in [0, 0.05) is 10.9 Å². The second-order valence-electron chi connectivity index (χ2n) is 6.87. The summed E-state index contributed by atoms with van der Waals surface area (Å²) in [6.45, 7) is 0. The summed E-state index contributed by atoms with van der Waals surface area (Å²) in [5, 5.41) is 5.98. The van der Waals surface area contributed by atoms with Crippen LogP contribution in [-0.2, 0) is 0 Å². The molecular formula is C22H26N2O3S. The van der Waals surface area contributed by atoms with Gasteiger partial charge in [-0.1, -0.05) is 31.4 Å². The molecule has 0 spiro atoms. The number of thioether (sulfide) groups is 1. The van der Waals surface area contributed by atoms with Crippen LogP contribution in [0.3, 0.4) is 0 Å². The molecule has 2 aromatic rings. The minimum Gasteiger partial charge on any atom is -0.496 e. The van der Waals surface area contributed by atoms with Gasteiger partial charge in [-0.25, -0.2) is 0 Å². The molecule has 3 rings (SSSR count). The standard InChI is InChI=1S/C22H26N2O3S/c1-27-20-14-16(28-2)12-13-18(20)22(26)24-19-11-7-6-10-17(19)21(25)23-15-8-4-3-5-9-15/h6-7,10-15H,3-5,8-9H2,1-2H3,(H,23,25)(H,24,26). The Bertz CT molecular complexity index is 847. The van der Waals surface area contributed by atoms with Crippen LogP contribution < -0.4 is 15.4 Å². The summed E-state index contributed by atoms with van der Waals surface area (Å²) >= 11 is 1.58. The number of anilines is 1. The van der Waals surface area contributed by atoms with E-state index in [1.807, 2.05) is 18.4 Å². The molecule has 0 bridgehead atoms. The molecule has 0 heterocycles. The van der Waals surface area contributed by atoms with Crippen molar-refractivity contribution in [3.8, 4) is 5.75 Å². The van der Waals surface area contributed by atoms with Gasteiger partial charge >= 0.3 is 0 Å². The largest absolute Gasteiger partial charge is 0.496 e. The van der Waals surface area contributed by atoms with E-state index in [0.29, 0.717) is 22.6 Å². The molecule has 1 aliphatic carbocycles. The van der Waals surface area contributed by atoms with E-state index in [-0.39, 0.29) is 17.9 Å². The van der Waals surface area contributed by atoms with E-state index < -0.39 is 0 Å². The molecule has 2 amide bonds. The van der Waals surface area contributed by atoms with E-state index in [1.165, 1.54) is 6.42 Å². The molecule has 1 saturated carbocycles. The Kier molecular flexibility index (Phi) is 6.98. The summed E-state index contributed by atoms with van der Waals surface area (Å²) in [7, 11) is 1.54. The number of amides is 2. The van der Waals surface area contributed by atoms with Gasteiger partial charge in [0.1, 0.15) is 5.75 Å². The number of carbonyl (C=O) groups excluding carboxylic acids is 2. The monoisotopic (exact) mass is 398 g/mol. The highest BCUT2D eigenvalue weighted by Crippen LogP contribution is 2.27. The van der Waals surface area contributed by atoms with Gasteiger partial charge in [0.05, 0.1) is 23.9 Å². The molecule has 0 aromatic heterocycles. The topological polar surface area (TPSA) is 67.4 Å². The first-order valence-electron chi connectivity index (χ1n) is 9.55. The van der Waals surface area contributed by atoms with Gasteiger partial charge < -0.3 is 15.4 Å². The number of methoxy groups -OCH3 is 1. The zero-order chi connectivity index (χ0) is 19.9. The van der Waals surface area contributed by atoms with Crippen molar-refractivity contribution in [1.29, 1.82) is 0 Å². The summed E-state index contributed by atoms with van der Waals surface area (Å²) in [6.07, 6.45) is 7.52. The first-order valence-corrected chi connectivity index (χ1v) is 10.8. The highest BCUT2D eigenvalue weighted by molar-refractivity contribution is 7.98. The summed E-state index contributed by atoms with van der Waals surface area (Å²) < 4.78 is 5.37. The molecule has 0 aliphatic heterocycles. The van der Waals surface area contributed by atoms with Crippen molar-refractivity contribution in [2.45, 2.75) is 43.0 Å². The lowest BCUT2D eigenvalue weighted by Crippen LogP contribution is -2.36. The Hall–Kier alpha value is -2.47. The number of hydrogen-bond acceptors (Lipinski definition) is 4. The lowest BCUT2D eigenvalue weighted by Gasteiger charge is -2.23. The number of rotatable bonds is 6. The molecule has 148 valence electrons. The predicted octanol–water partition coefficient (Wildman–Crippen LogP) is 4.73. The molecule has 2 N–H and O–H groups in total. The summed E-state index contributed by atoms with van der Waals surface area (Å²) in [4.78, 5) is 26.6. The van der Waals surface area contributed by atoms with Gasteiger partial charge in [-0.05, 0) is 49.4 Å². The fourth-order valence-corrected chi connectivity index (χ4v) is 3.90. The third-order valence-corrected chi connectivity index (χ3v) is 5.74. The van der Waals surface area contributed by atoms with Crippen molar-refractivity contribution >= 4 is 29.3 Å². The molecule has 0 saturated heterocycles. The maximum absolute atomic E-state index is 12.8. The first kappa shape index (κ1) is 20.3. The minimum absolute atomic E-state index is 0.146. The van der Waals surface area contributed by atoms with E-state index in [2.05, 4.69) is 10.6 Å². The third kappa shape index (κ3) is 4.87. The predicted molar refractivity (Wildman–Crippen MR) is 114 cm³/mol. The van der Waals surface area contributed by atoms with Crippen LogP contribution in [0.4, 0.5) is 5.69 Å². The molecule has 1 aliphatic rings. The quantitative estimate of drug-likeness (QED) is 0.690. The lowest BCUT2D eigenvalue weighted by atomic mass is 9.95. The van der Waals surface area contributed by atoms with Crippen molar-refractivity contribution in [1.82, 2.24) is 5.32 Å². The van der Waals surface area contributed by atoms with Crippen LogP contribution >= 0.6 is 11.8 Å². The van der Waals surface area contributed by atoms with Crippen LogP contribution in [0.15, 0.2) is 47.4 Å². The van der Waals surface area contributed by atoms with Crippen LogP contribution in [-0.4, -0.2) is 31.2 Å². The summed E-state index contributed by atoms with van der Waals surface area (Å²) in [5.74, 6) is 0.0587. The van der Waals surface area contributed by atoms with Crippen molar-refractivity contribution in [3.63, 3.8) is 0 Å². The van der Waals surface area contributed by atoms with Crippen LogP contribution in [0.25, 0.3) is 0 Å². The van der Waals surface area contributed by atoms with Gasteiger partial charge in [-0.2, -0.15) is 0 Å². The highest BCUT2D eigenvalue weighted by atomic mass is 32.2. The average Bonchev–Trinajstić information content (AvgIpc) is 2.74. The Morgan fingerprint density at radius 2 is 1.75 bits per heavy atom. The number of nitrogens with one attached hydrogen (secondary N) is 2. The molecule has 1 fully saturated rings. The van der Waals surface area contributed by atoms with Crippen molar-refractivity contribution in [2.24, 2.45) is 0 Å². The van der Waals surface area contributed by atoms with E-state index in [4.69, 9.17) is 4.74 Å². The fourth-order valence-electron chi connectivity index (χ4n) is 3.48. The van der Waals surface area contributed by atoms with Gasteiger partial charge in [0.25, 0.3) is 11.8 Å². The second kappa shape index (κ2) is 9.64. The van der Waals surface area contributed by atoms with E-state index >= 15 is 0 Å². The smallest absolute Gasteiger partial charge is 0.259 e. The average molecular weight is 399 g/mol. The van der Waals surface area contributed by atoms with Gasteiger partial charge in [-0.15, -0.1) is 11.8 Å². The first-order chi connectivity index (χ1) is 13.6. The van der Waals surface area contributed by atoms with E-state index in [9.17, 15) is 9.59 Å². The van der Waals surface area contributed by atoms with Gasteiger partial charge in [-0.3, -0.25) is 9.59 Å². The maximum atomic E-state index is 12.8. The summed E-state index contributed by atoms with van der Waals surface area (Å²) in [5.41, 5.74) is 1.40. The number of benzene rings is 2. The van der Waals surface area contributed by atoms with Crippen molar-refractivity contribution < 1.29 is 14.3 Å². The molecule has 6 heteroatoms. The number of carbonyl (C=O) groups is 2. The fraction of sp³-hybridized carbons (Fsp3) is 0.364. The zero-order valence-electron chi connectivity index (χ0n) is 16.3. The maximum Gasteiger partial charge on any atom is 0.259 e. The number of para-hydroxylation sites is 1. The van der Waals surface area contributed by atoms with Gasteiger partial charge in [0.2, 0.25) is 0 Å². The van der Waals surface area contributed by atoms with E-state index in [0.717, 1.165) is 30.6 Å². The Balaban J connectivity index is 1.77. The molecule has 2 aromatic carbocycles. The van der Waals surface area contributed by atoms with Crippen LogP contribution in [0.5, 0.6) is 5.75 Å². The number of ether oxygens (including phenoxy) is 1. The third-order valence-electron chi connectivity index (χ3n) is 5.01. The highest BCUT2D eigenvalue weighted by Gasteiger charge is 2.20. The molecule has 28 heavy (non-hydrogen) atoms. The van der Waals surface area contributed by atoms with Crippen molar-refractivity contribution in [3.05, 3.63) is 53.6 Å². The van der Waals surface area contributed by atoms with Gasteiger partial charge in [0.15, 0.2) is 0 Å². The molecule has 0 atom stereocenters. The Morgan fingerprint density at radius 3 is 2.46 bits per heavy atom. The van der Waals surface area contributed by atoms with E-state index in [1.54, 1.807) is 49.2 Å². The minimum atomic E-state index is -0.303. The molecule has 0 unspecified atom stereocenters. The molecular weight excluding hydrogens is 372 g/mol. The molecule has 0 radical (unpaired) electrons.